The number of ether oxygens (including phenoxy) is 2. The lowest BCUT2D eigenvalue weighted by molar-refractivity contribution is -0.00115. The number of hydrogen-bond acceptors (Lipinski definition) is 5. The number of alkyl carbamates (subject to hydrolysis) is 1. The van der Waals surface area contributed by atoms with E-state index in [-0.39, 0.29) is 5.84 Å². The van der Waals surface area contributed by atoms with Crippen LogP contribution in [0.15, 0.2) is 54.6 Å². The van der Waals surface area contributed by atoms with Gasteiger partial charge in [0.25, 0.3) is 0 Å². The highest BCUT2D eigenvalue weighted by Crippen LogP contribution is 2.01. The van der Waals surface area contributed by atoms with Gasteiger partial charge in [0.1, 0.15) is 5.84 Å². The van der Waals surface area contributed by atoms with Crippen molar-refractivity contribution in [2.75, 3.05) is 6.79 Å². The second kappa shape index (κ2) is 7.58. The average molecular weight is 297 g/mol. The van der Waals surface area contributed by atoms with E-state index in [0.717, 1.165) is 0 Å². The molecule has 6 heteroatoms. The van der Waals surface area contributed by atoms with Crippen molar-refractivity contribution in [3.05, 3.63) is 71.8 Å². The molecule has 0 bridgehead atoms. The van der Waals surface area contributed by atoms with Crippen LogP contribution in [0.4, 0.5) is 4.79 Å². The molecular formula is C16H13N2O4. The van der Waals surface area contributed by atoms with Crippen LogP contribution in [-0.4, -0.2) is 24.7 Å². The third-order valence-corrected chi connectivity index (χ3v) is 2.62. The summed E-state index contributed by atoms with van der Waals surface area (Å²) in [4.78, 5) is 23.1. The van der Waals surface area contributed by atoms with E-state index in [1.54, 1.807) is 54.6 Å². The number of carbonyl (C=O) groups excluding carboxylic acids is 2. The molecule has 2 aromatic rings. The molecule has 0 unspecified atom stereocenters. The van der Waals surface area contributed by atoms with Crippen LogP contribution in [0.1, 0.15) is 15.9 Å². The molecule has 2 N–H and O–H groups in total. The molecule has 0 aliphatic carbocycles. The van der Waals surface area contributed by atoms with Crippen molar-refractivity contribution in [2.24, 2.45) is 0 Å². The van der Waals surface area contributed by atoms with Gasteiger partial charge in [0.2, 0.25) is 6.79 Å². The van der Waals surface area contributed by atoms with E-state index in [1.807, 2.05) is 0 Å². The maximum atomic E-state index is 11.6. The summed E-state index contributed by atoms with van der Waals surface area (Å²) in [7, 11) is 0. The minimum atomic E-state index is -0.876. The van der Waals surface area contributed by atoms with Gasteiger partial charge in [0.15, 0.2) is 0 Å². The average Bonchev–Trinajstić information content (AvgIpc) is 2.56. The van der Waals surface area contributed by atoms with Gasteiger partial charge in [0, 0.05) is 5.56 Å². The molecule has 0 heterocycles. The van der Waals surface area contributed by atoms with Crippen molar-refractivity contribution in [3.8, 4) is 0 Å². The van der Waals surface area contributed by atoms with Gasteiger partial charge in [-0.25, -0.2) is 9.59 Å². The third-order valence-electron chi connectivity index (χ3n) is 2.62. The van der Waals surface area contributed by atoms with E-state index >= 15 is 0 Å². The standard InChI is InChI=1S/C16H13N2O4/c17-14(12-7-3-1-4-8-12)18-16(20)22-11-21-15(19)13-9-5-2-6-10-13/h2-10H,11H2,(H2,17,18,20). The first-order chi connectivity index (χ1) is 10.7. The molecule has 2 rings (SSSR count). The molecule has 1 radical (unpaired) electrons. The Balaban J connectivity index is 1.74. The van der Waals surface area contributed by atoms with Gasteiger partial charge >= 0.3 is 12.1 Å². The van der Waals surface area contributed by atoms with Crippen LogP contribution < -0.4 is 5.32 Å². The summed E-state index contributed by atoms with van der Waals surface area (Å²) < 4.78 is 9.47. The predicted molar refractivity (Wildman–Crippen MR) is 78.4 cm³/mol. The highest BCUT2D eigenvalue weighted by Gasteiger charge is 2.10. The van der Waals surface area contributed by atoms with Gasteiger partial charge in [-0.05, 0) is 18.2 Å². The van der Waals surface area contributed by atoms with Crippen molar-refractivity contribution in [2.45, 2.75) is 0 Å². The molecule has 0 fully saturated rings. The Kier molecular flexibility index (Phi) is 5.25. The van der Waals surface area contributed by atoms with Crippen LogP contribution in [0.25, 0.3) is 0 Å². The molecule has 6 nitrogen and oxygen atoms in total. The zero-order valence-corrected chi connectivity index (χ0v) is 11.5. The smallest absolute Gasteiger partial charge is 0.415 e. The summed E-state index contributed by atoms with van der Waals surface area (Å²) in [6, 6.07) is 17.6. The van der Waals surface area contributed by atoms with Gasteiger partial charge in [-0.1, -0.05) is 42.5 Å². The summed E-state index contributed by atoms with van der Waals surface area (Å²) in [5, 5.41) is 9.91. The van der Waals surface area contributed by atoms with E-state index in [0.29, 0.717) is 11.1 Å². The Morgan fingerprint density at radius 2 is 1.68 bits per heavy atom. The number of rotatable bonds is 4. The van der Waals surface area contributed by atoms with E-state index in [4.69, 9.17) is 10.1 Å². The molecule has 0 atom stereocenters. The predicted octanol–water partition coefficient (Wildman–Crippen LogP) is 2.35. The molecule has 2 aromatic carbocycles. The molecular weight excluding hydrogens is 284 g/mol. The summed E-state index contributed by atoms with van der Waals surface area (Å²) in [5.74, 6) is -0.713. The lowest BCUT2D eigenvalue weighted by atomic mass is 10.2. The van der Waals surface area contributed by atoms with Gasteiger partial charge in [-0.3, -0.25) is 10.7 Å². The molecule has 111 valence electrons. The number of benzene rings is 2. The normalized spacial score (nSPS) is 9.64. The van der Waals surface area contributed by atoms with Crippen LogP contribution >= 0.6 is 0 Å². The molecule has 0 saturated heterocycles. The Bertz CT molecular complexity index is 656. The molecule has 22 heavy (non-hydrogen) atoms. The van der Waals surface area contributed by atoms with Gasteiger partial charge in [-0.15, -0.1) is 0 Å². The monoisotopic (exact) mass is 297 g/mol. The zero-order valence-electron chi connectivity index (χ0n) is 11.5. The van der Waals surface area contributed by atoms with Crippen molar-refractivity contribution >= 4 is 17.9 Å². The van der Waals surface area contributed by atoms with E-state index in [2.05, 4.69) is 16.1 Å². The molecule has 0 saturated carbocycles. The number of hydrogen-bond donors (Lipinski definition) is 2. The molecule has 0 aromatic heterocycles. The fraction of sp³-hybridized carbons (Fsp3) is 0.0625. The maximum absolute atomic E-state index is 11.6. The Hall–Kier alpha value is -3.15. The van der Waals surface area contributed by atoms with Crippen molar-refractivity contribution in [1.29, 1.82) is 5.41 Å². The quantitative estimate of drug-likeness (QED) is 0.392. The Morgan fingerprint density at radius 3 is 2.36 bits per heavy atom. The minimum absolute atomic E-state index is 0.117. The van der Waals surface area contributed by atoms with Gasteiger partial charge < -0.3 is 9.47 Å². The summed E-state index contributed by atoms with van der Waals surface area (Å²) in [6.07, 6.45) is -0.876. The lowest BCUT2D eigenvalue weighted by Gasteiger charge is -2.08. The second-order valence-corrected chi connectivity index (χ2v) is 4.14. The molecule has 0 aliphatic heterocycles. The van der Waals surface area contributed by atoms with Gasteiger partial charge in [-0.2, -0.15) is 0 Å². The number of esters is 1. The highest BCUT2D eigenvalue weighted by molar-refractivity contribution is 6.04. The topological polar surface area (TPSA) is 88.5 Å². The second-order valence-electron chi connectivity index (χ2n) is 4.14. The molecule has 1 amide bonds. The fourth-order valence-corrected chi connectivity index (χ4v) is 1.56. The van der Waals surface area contributed by atoms with Crippen LogP contribution in [0.2, 0.25) is 0 Å². The first-order valence-electron chi connectivity index (χ1n) is 6.38. The van der Waals surface area contributed by atoms with E-state index in [1.165, 1.54) is 0 Å². The summed E-state index contributed by atoms with van der Waals surface area (Å²) in [6.45, 7) is -0.532. The third kappa shape index (κ3) is 4.45. The van der Waals surface area contributed by atoms with Crippen LogP contribution in [0.3, 0.4) is 0 Å². The number of amides is 1. The first-order valence-corrected chi connectivity index (χ1v) is 6.38. The summed E-state index contributed by atoms with van der Waals surface area (Å²) in [5.41, 5.74) is 0.872. The fourth-order valence-electron chi connectivity index (χ4n) is 1.56. The van der Waals surface area contributed by atoms with E-state index in [9.17, 15) is 9.59 Å². The largest absolute Gasteiger partial charge is 0.424 e. The highest BCUT2D eigenvalue weighted by atomic mass is 16.7. The zero-order chi connectivity index (χ0) is 15.8. The van der Waals surface area contributed by atoms with Crippen LogP contribution in [0.5, 0.6) is 0 Å². The van der Waals surface area contributed by atoms with Crippen LogP contribution in [-0.2, 0) is 9.47 Å². The van der Waals surface area contributed by atoms with Crippen molar-refractivity contribution in [3.63, 3.8) is 0 Å². The van der Waals surface area contributed by atoms with Crippen molar-refractivity contribution in [1.82, 2.24) is 5.32 Å². The number of carbonyl (C=O) groups is 2. The molecule has 0 spiro atoms. The van der Waals surface area contributed by atoms with Crippen molar-refractivity contribution < 1.29 is 19.1 Å². The van der Waals surface area contributed by atoms with Gasteiger partial charge in [0.05, 0.1) is 5.56 Å². The SMILES string of the molecule is N=C(NC(=O)OCOC(=O)c1ccccc1)c1cc[c]cc1. The lowest BCUT2D eigenvalue weighted by Crippen LogP contribution is -2.31. The molecule has 0 aliphatic rings. The minimum Gasteiger partial charge on any atom is -0.424 e. The van der Waals surface area contributed by atoms with E-state index < -0.39 is 18.9 Å². The van der Waals surface area contributed by atoms with Crippen LogP contribution in [0, 0.1) is 11.5 Å². The summed E-state index contributed by atoms with van der Waals surface area (Å²) >= 11 is 0. The Labute approximate surface area is 127 Å². The maximum Gasteiger partial charge on any atom is 0.415 e. The first kappa shape index (κ1) is 15.2. The number of amidine groups is 1. The number of nitrogens with one attached hydrogen (secondary N) is 2. The Morgan fingerprint density at radius 1 is 1.00 bits per heavy atom.